The largest absolute Gasteiger partial charge is 0.398 e. The van der Waals surface area contributed by atoms with E-state index in [0.717, 1.165) is 30.0 Å². The molecule has 1 aliphatic rings. The molecule has 3 aromatic rings. The van der Waals surface area contributed by atoms with Crippen LogP contribution >= 0.6 is 0 Å². The summed E-state index contributed by atoms with van der Waals surface area (Å²) in [7, 11) is 0. The van der Waals surface area contributed by atoms with E-state index in [-0.39, 0.29) is 5.69 Å². The molecule has 0 saturated heterocycles. The monoisotopic (exact) mass is 282 g/mol. The highest BCUT2D eigenvalue weighted by Gasteiger charge is 2.19. The molecule has 0 bridgehead atoms. The Morgan fingerprint density at radius 3 is 3.05 bits per heavy atom. The number of benzene rings is 1. The summed E-state index contributed by atoms with van der Waals surface area (Å²) in [6.07, 6.45) is 0.917. The van der Waals surface area contributed by atoms with Gasteiger partial charge in [0.15, 0.2) is 5.65 Å². The Balaban J connectivity index is 1.75. The number of anilines is 2. The van der Waals surface area contributed by atoms with Gasteiger partial charge >= 0.3 is 5.69 Å². The lowest BCUT2D eigenvalue weighted by molar-refractivity contribution is 0.706. The van der Waals surface area contributed by atoms with Crippen molar-refractivity contribution in [1.82, 2.24) is 19.8 Å². The van der Waals surface area contributed by atoms with Crippen LogP contribution in [0.2, 0.25) is 0 Å². The van der Waals surface area contributed by atoms with E-state index in [9.17, 15) is 4.79 Å². The van der Waals surface area contributed by atoms with Crippen molar-refractivity contribution in [2.45, 2.75) is 13.0 Å². The molecule has 3 heterocycles. The topological polar surface area (TPSA) is 92.3 Å². The third-order valence-corrected chi connectivity index (χ3v) is 3.89. The van der Waals surface area contributed by atoms with Crippen LogP contribution in [-0.2, 0) is 13.0 Å². The first-order valence-corrected chi connectivity index (χ1v) is 6.78. The number of rotatable bonds is 1. The van der Waals surface area contributed by atoms with Gasteiger partial charge in [0.05, 0.1) is 0 Å². The van der Waals surface area contributed by atoms with Crippen molar-refractivity contribution in [3.05, 3.63) is 51.9 Å². The summed E-state index contributed by atoms with van der Waals surface area (Å²) in [4.78, 5) is 13.7. The van der Waals surface area contributed by atoms with Crippen molar-refractivity contribution < 1.29 is 0 Å². The number of nitrogens with one attached hydrogen (secondary N) is 1. The smallest absolute Gasteiger partial charge is 0.364 e. The molecule has 1 aromatic carbocycles. The van der Waals surface area contributed by atoms with Gasteiger partial charge in [-0.05, 0) is 35.7 Å². The fraction of sp³-hybridized carbons (Fsp3) is 0.214. The predicted molar refractivity (Wildman–Crippen MR) is 79.2 cm³/mol. The van der Waals surface area contributed by atoms with Crippen LogP contribution in [0.3, 0.4) is 0 Å². The molecule has 21 heavy (non-hydrogen) atoms. The Morgan fingerprint density at radius 2 is 2.14 bits per heavy atom. The van der Waals surface area contributed by atoms with E-state index >= 15 is 0 Å². The Morgan fingerprint density at radius 1 is 1.24 bits per heavy atom. The Labute approximate surface area is 120 Å². The molecule has 7 heteroatoms. The van der Waals surface area contributed by atoms with Gasteiger partial charge in [0.1, 0.15) is 5.82 Å². The highest BCUT2D eigenvalue weighted by Crippen LogP contribution is 2.26. The lowest BCUT2D eigenvalue weighted by Crippen LogP contribution is -2.32. The zero-order valence-electron chi connectivity index (χ0n) is 11.3. The average Bonchev–Trinajstić information content (AvgIpc) is 2.88. The minimum atomic E-state index is -0.330. The second-order valence-electron chi connectivity index (χ2n) is 5.15. The maximum atomic E-state index is 11.6. The molecule has 0 aliphatic carbocycles. The molecule has 0 fully saturated rings. The summed E-state index contributed by atoms with van der Waals surface area (Å²) in [6, 6.07) is 9.67. The Kier molecular flexibility index (Phi) is 2.47. The molecule has 0 unspecified atom stereocenters. The van der Waals surface area contributed by atoms with Gasteiger partial charge in [-0.15, -0.1) is 5.10 Å². The normalized spacial score (nSPS) is 14.4. The second kappa shape index (κ2) is 4.34. The van der Waals surface area contributed by atoms with Gasteiger partial charge in [0, 0.05) is 18.8 Å². The minimum absolute atomic E-state index is 0.330. The van der Waals surface area contributed by atoms with Gasteiger partial charge < -0.3 is 10.6 Å². The van der Waals surface area contributed by atoms with Gasteiger partial charge in [-0.1, -0.05) is 12.1 Å². The highest BCUT2D eigenvalue weighted by atomic mass is 16.2. The molecule has 0 amide bonds. The van der Waals surface area contributed by atoms with Crippen LogP contribution in [-0.4, -0.2) is 26.4 Å². The number of hydrogen-bond donors (Lipinski definition) is 2. The molecule has 0 radical (unpaired) electrons. The zero-order chi connectivity index (χ0) is 14.4. The first-order chi connectivity index (χ1) is 10.2. The van der Waals surface area contributed by atoms with E-state index in [2.05, 4.69) is 26.3 Å². The first kappa shape index (κ1) is 12.0. The Hall–Kier alpha value is -2.83. The van der Waals surface area contributed by atoms with Crippen molar-refractivity contribution in [3.8, 4) is 0 Å². The maximum Gasteiger partial charge on any atom is 0.364 e. The molecular formula is C14H14N6O. The van der Waals surface area contributed by atoms with Gasteiger partial charge in [0.25, 0.3) is 0 Å². The standard InChI is InChI=1S/C14H14N6O/c15-11-3-1-2-9-6-7-19(8-10(9)11)13-5-4-12-16-17-14(21)20(12)18-13/h1-5H,6-8,15H2,(H,17,21). The van der Waals surface area contributed by atoms with Gasteiger partial charge in [-0.25, -0.2) is 9.89 Å². The van der Waals surface area contributed by atoms with Crippen molar-refractivity contribution in [3.63, 3.8) is 0 Å². The maximum absolute atomic E-state index is 11.6. The van der Waals surface area contributed by atoms with Gasteiger partial charge in [-0.3, -0.25) is 0 Å². The fourth-order valence-electron chi connectivity index (χ4n) is 2.76. The summed E-state index contributed by atoms with van der Waals surface area (Å²) in [5.41, 5.74) is 9.48. The molecule has 0 spiro atoms. The van der Waals surface area contributed by atoms with Crippen LogP contribution in [0, 0.1) is 0 Å². The third kappa shape index (κ3) is 1.85. The summed E-state index contributed by atoms with van der Waals surface area (Å²) in [6.45, 7) is 1.55. The van der Waals surface area contributed by atoms with Crippen molar-refractivity contribution in [1.29, 1.82) is 0 Å². The molecule has 1 aliphatic heterocycles. The van der Waals surface area contributed by atoms with Crippen LogP contribution in [0.25, 0.3) is 5.65 Å². The molecular weight excluding hydrogens is 268 g/mol. The van der Waals surface area contributed by atoms with Gasteiger partial charge in [0.2, 0.25) is 0 Å². The quantitative estimate of drug-likeness (QED) is 0.636. The van der Waals surface area contributed by atoms with E-state index in [0.29, 0.717) is 12.2 Å². The number of nitrogens with zero attached hydrogens (tertiary/aromatic N) is 4. The number of hydrogen-bond acceptors (Lipinski definition) is 5. The van der Waals surface area contributed by atoms with E-state index in [4.69, 9.17) is 5.73 Å². The van der Waals surface area contributed by atoms with E-state index in [1.807, 2.05) is 18.2 Å². The number of H-pyrrole nitrogens is 1. The Bertz CT molecular complexity index is 881. The molecule has 0 atom stereocenters. The summed E-state index contributed by atoms with van der Waals surface area (Å²) < 4.78 is 1.28. The fourth-order valence-corrected chi connectivity index (χ4v) is 2.76. The number of nitrogen functional groups attached to an aromatic ring is 1. The summed E-state index contributed by atoms with van der Waals surface area (Å²) in [5, 5.41) is 10.6. The highest BCUT2D eigenvalue weighted by molar-refractivity contribution is 5.56. The van der Waals surface area contributed by atoms with Crippen molar-refractivity contribution in [2.75, 3.05) is 17.2 Å². The van der Waals surface area contributed by atoms with Crippen LogP contribution in [0.4, 0.5) is 11.5 Å². The number of aromatic nitrogens is 4. The zero-order valence-corrected chi connectivity index (χ0v) is 11.3. The van der Waals surface area contributed by atoms with Crippen molar-refractivity contribution in [2.24, 2.45) is 0 Å². The minimum Gasteiger partial charge on any atom is -0.398 e. The average molecular weight is 282 g/mol. The second-order valence-corrected chi connectivity index (χ2v) is 5.15. The lowest BCUT2D eigenvalue weighted by atomic mass is 9.98. The van der Waals surface area contributed by atoms with Gasteiger partial charge in [-0.2, -0.15) is 9.61 Å². The van der Waals surface area contributed by atoms with Crippen LogP contribution in [0.1, 0.15) is 11.1 Å². The third-order valence-electron chi connectivity index (χ3n) is 3.89. The number of nitrogens with two attached hydrogens (primary N) is 1. The van der Waals surface area contributed by atoms with E-state index < -0.39 is 0 Å². The summed E-state index contributed by atoms with van der Waals surface area (Å²) >= 11 is 0. The molecule has 2 aromatic heterocycles. The van der Waals surface area contributed by atoms with Crippen LogP contribution in [0.15, 0.2) is 35.1 Å². The van der Waals surface area contributed by atoms with Crippen molar-refractivity contribution >= 4 is 17.2 Å². The lowest BCUT2D eigenvalue weighted by Gasteiger charge is -2.30. The number of fused-ring (bicyclic) bond motifs is 2. The summed E-state index contributed by atoms with van der Waals surface area (Å²) in [5.74, 6) is 0.750. The predicted octanol–water partition coefficient (Wildman–Crippen LogP) is 0.562. The van der Waals surface area contributed by atoms with Crippen LogP contribution in [0.5, 0.6) is 0 Å². The first-order valence-electron chi connectivity index (χ1n) is 6.78. The molecule has 4 rings (SSSR count). The SMILES string of the molecule is Nc1cccc2c1CN(c1ccc3n[nH]c(=O)n3n1)CC2. The van der Waals surface area contributed by atoms with E-state index in [1.54, 1.807) is 6.07 Å². The molecule has 7 nitrogen and oxygen atoms in total. The molecule has 0 saturated carbocycles. The van der Waals surface area contributed by atoms with Crippen LogP contribution < -0.4 is 16.3 Å². The number of aromatic amines is 1. The molecule has 106 valence electrons. The molecule has 3 N–H and O–H groups in total. The van der Waals surface area contributed by atoms with E-state index in [1.165, 1.54) is 10.1 Å².